The van der Waals surface area contributed by atoms with Crippen LogP contribution < -0.4 is 9.47 Å². The number of fused-ring (bicyclic) bond motifs is 1. The van der Waals surface area contributed by atoms with E-state index in [4.69, 9.17) is 21.1 Å². The van der Waals surface area contributed by atoms with Gasteiger partial charge in [0.05, 0.1) is 5.02 Å². The molecule has 0 N–H and O–H groups in total. The monoisotopic (exact) mass is 216 g/mol. The lowest BCUT2D eigenvalue weighted by atomic mass is 10.1. The van der Waals surface area contributed by atoms with Crippen LogP contribution in [0.2, 0.25) is 5.02 Å². The average Bonchev–Trinajstić information content (AvgIpc) is 2.62. The Morgan fingerprint density at radius 1 is 1.43 bits per heavy atom. The summed E-state index contributed by atoms with van der Waals surface area (Å²) in [5, 5.41) is 0.161. The van der Waals surface area contributed by atoms with Crippen LogP contribution in [0.4, 0.5) is 4.39 Å². The fraction of sp³-hybridized carbons (Fsp3) is 0.222. The van der Waals surface area contributed by atoms with Crippen LogP contribution in [-0.2, 0) is 4.79 Å². The van der Waals surface area contributed by atoms with Crippen LogP contribution in [0.1, 0.15) is 11.7 Å². The average molecular weight is 217 g/mol. The van der Waals surface area contributed by atoms with Gasteiger partial charge in [-0.2, -0.15) is 0 Å². The van der Waals surface area contributed by atoms with Gasteiger partial charge in [0.2, 0.25) is 6.79 Å². The highest BCUT2D eigenvalue weighted by atomic mass is 35.5. The number of halogens is 2. The molecule has 0 fully saturated rings. The number of carbonyl (C=O) groups excluding carboxylic acids is 1. The molecule has 0 aliphatic carbocycles. The van der Waals surface area contributed by atoms with Gasteiger partial charge in [-0.3, -0.25) is 4.79 Å². The molecule has 0 amide bonds. The molecule has 1 aromatic rings. The van der Waals surface area contributed by atoms with Crippen molar-refractivity contribution in [3.63, 3.8) is 0 Å². The first-order valence-electron chi connectivity index (χ1n) is 3.91. The van der Waals surface area contributed by atoms with Crippen molar-refractivity contribution in [3.8, 4) is 11.5 Å². The Morgan fingerprint density at radius 3 is 2.71 bits per heavy atom. The van der Waals surface area contributed by atoms with Gasteiger partial charge in [-0.05, 0) is 6.07 Å². The fourth-order valence-corrected chi connectivity index (χ4v) is 1.48. The molecule has 0 radical (unpaired) electrons. The van der Waals surface area contributed by atoms with E-state index >= 15 is 0 Å². The van der Waals surface area contributed by atoms with Crippen molar-refractivity contribution in [2.45, 2.75) is 6.17 Å². The van der Waals surface area contributed by atoms with Crippen LogP contribution in [0.25, 0.3) is 0 Å². The SMILES string of the molecule is O=CC(F)c1cc2c(cc1Cl)OCO2. The molecule has 5 heteroatoms. The van der Waals surface area contributed by atoms with Gasteiger partial charge in [-0.25, -0.2) is 4.39 Å². The predicted octanol–water partition coefficient (Wildman–Crippen LogP) is 2.28. The number of hydrogen-bond acceptors (Lipinski definition) is 3. The minimum atomic E-state index is -1.73. The summed E-state index contributed by atoms with van der Waals surface area (Å²) in [4.78, 5) is 10.3. The highest BCUT2D eigenvalue weighted by Gasteiger charge is 2.20. The van der Waals surface area contributed by atoms with Gasteiger partial charge in [0.15, 0.2) is 24.0 Å². The normalized spacial score (nSPS) is 15.3. The molecule has 74 valence electrons. The van der Waals surface area contributed by atoms with E-state index in [0.29, 0.717) is 11.5 Å². The lowest BCUT2D eigenvalue weighted by Gasteiger charge is -2.05. The Kier molecular flexibility index (Phi) is 2.29. The molecule has 1 atom stereocenters. The maximum atomic E-state index is 13.0. The maximum absolute atomic E-state index is 13.0. The third-order valence-corrected chi connectivity index (χ3v) is 2.24. The first-order valence-corrected chi connectivity index (χ1v) is 4.28. The molecule has 14 heavy (non-hydrogen) atoms. The Bertz CT molecular complexity index is 381. The summed E-state index contributed by atoms with van der Waals surface area (Å²) in [5.41, 5.74) is 0.103. The number of hydrogen-bond donors (Lipinski definition) is 0. The third kappa shape index (κ3) is 1.42. The van der Waals surface area contributed by atoms with Crippen LogP contribution >= 0.6 is 11.6 Å². The van der Waals surface area contributed by atoms with Crippen molar-refractivity contribution in [1.82, 2.24) is 0 Å². The first kappa shape index (κ1) is 9.27. The highest BCUT2D eigenvalue weighted by Crippen LogP contribution is 2.39. The molecule has 0 saturated heterocycles. The largest absolute Gasteiger partial charge is 0.454 e. The van der Waals surface area contributed by atoms with Crippen LogP contribution in [-0.4, -0.2) is 13.1 Å². The van der Waals surface area contributed by atoms with Crippen LogP contribution in [0.15, 0.2) is 12.1 Å². The van der Waals surface area contributed by atoms with Crippen LogP contribution in [0.5, 0.6) is 11.5 Å². The van der Waals surface area contributed by atoms with E-state index in [9.17, 15) is 9.18 Å². The molecule has 0 spiro atoms. The number of benzene rings is 1. The highest BCUT2D eigenvalue weighted by molar-refractivity contribution is 6.31. The van der Waals surface area contributed by atoms with Crippen molar-refractivity contribution in [1.29, 1.82) is 0 Å². The zero-order chi connectivity index (χ0) is 10.1. The van der Waals surface area contributed by atoms with Crippen molar-refractivity contribution in [3.05, 3.63) is 22.7 Å². The fourth-order valence-electron chi connectivity index (χ4n) is 1.22. The summed E-state index contributed by atoms with van der Waals surface area (Å²) in [5.74, 6) is 0.880. The number of aldehydes is 1. The Morgan fingerprint density at radius 2 is 2.07 bits per heavy atom. The molecule has 1 aliphatic heterocycles. The number of carbonyl (C=O) groups is 1. The van der Waals surface area contributed by atoms with Gasteiger partial charge in [0.25, 0.3) is 0 Å². The quantitative estimate of drug-likeness (QED) is 0.712. The molecule has 1 heterocycles. The van der Waals surface area contributed by atoms with Gasteiger partial charge < -0.3 is 9.47 Å². The molecule has 2 rings (SSSR count). The Balaban J connectivity index is 2.47. The van der Waals surface area contributed by atoms with Gasteiger partial charge in [0.1, 0.15) is 0 Å². The van der Waals surface area contributed by atoms with E-state index in [1.807, 2.05) is 0 Å². The lowest BCUT2D eigenvalue weighted by molar-refractivity contribution is -0.112. The van der Waals surface area contributed by atoms with E-state index in [0.717, 1.165) is 0 Å². The van der Waals surface area contributed by atoms with E-state index in [1.54, 1.807) is 0 Å². The standard InChI is InChI=1S/C9H6ClFO3/c10-6-2-9-8(13-4-14-9)1-5(6)7(11)3-12/h1-3,7H,4H2. The van der Waals surface area contributed by atoms with Crippen LogP contribution in [0.3, 0.4) is 0 Å². The zero-order valence-electron chi connectivity index (χ0n) is 7.00. The molecule has 0 saturated carbocycles. The summed E-state index contributed by atoms with van der Waals surface area (Å²) in [6.07, 6.45) is -1.54. The van der Waals surface area contributed by atoms with Crippen molar-refractivity contribution in [2.75, 3.05) is 6.79 Å². The number of alkyl halides is 1. The molecule has 1 aliphatic rings. The second-order valence-corrected chi connectivity index (χ2v) is 3.17. The number of ether oxygens (including phenoxy) is 2. The smallest absolute Gasteiger partial charge is 0.231 e. The molecule has 0 bridgehead atoms. The first-order chi connectivity index (χ1) is 6.72. The summed E-state index contributed by atoms with van der Waals surface area (Å²) in [7, 11) is 0. The summed E-state index contributed by atoms with van der Waals surface area (Å²) in [6.45, 7) is 0.0904. The van der Waals surface area contributed by atoms with E-state index < -0.39 is 6.17 Å². The van der Waals surface area contributed by atoms with E-state index in [-0.39, 0.29) is 23.7 Å². The summed E-state index contributed by atoms with van der Waals surface area (Å²) in [6, 6.07) is 2.82. The summed E-state index contributed by atoms with van der Waals surface area (Å²) >= 11 is 5.75. The zero-order valence-corrected chi connectivity index (χ0v) is 7.75. The topological polar surface area (TPSA) is 35.5 Å². The minimum Gasteiger partial charge on any atom is -0.454 e. The molecular weight excluding hydrogens is 211 g/mol. The Labute approximate surface area is 84.4 Å². The van der Waals surface area contributed by atoms with Gasteiger partial charge >= 0.3 is 0 Å². The van der Waals surface area contributed by atoms with Crippen LogP contribution in [0, 0.1) is 0 Å². The third-order valence-electron chi connectivity index (χ3n) is 1.91. The van der Waals surface area contributed by atoms with E-state index in [2.05, 4.69) is 0 Å². The Hall–Kier alpha value is -1.29. The maximum Gasteiger partial charge on any atom is 0.231 e. The molecular formula is C9H6ClFO3. The molecule has 1 aromatic carbocycles. The summed E-state index contributed by atoms with van der Waals surface area (Å²) < 4.78 is 23.1. The van der Waals surface area contributed by atoms with Crippen molar-refractivity contribution >= 4 is 17.9 Å². The van der Waals surface area contributed by atoms with Gasteiger partial charge in [-0.15, -0.1) is 0 Å². The van der Waals surface area contributed by atoms with Gasteiger partial charge in [0, 0.05) is 11.6 Å². The second kappa shape index (κ2) is 3.46. The molecule has 1 unspecified atom stereocenters. The molecule has 3 nitrogen and oxygen atoms in total. The minimum absolute atomic E-state index is 0.0904. The van der Waals surface area contributed by atoms with Crippen molar-refractivity contribution < 1.29 is 18.7 Å². The number of rotatable bonds is 2. The van der Waals surface area contributed by atoms with E-state index in [1.165, 1.54) is 12.1 Å². The second-order valence-electron chi connectivity index (χ2n) is 2.76. The van der Waals surface area contributed by atoms with Gasteiger partial charge in [-0.1, -0.05) is 11.6 Å². The van der Waals surface area contributed by atoms with Crippen molar-refractivity contribution in [2.24, 2.45) is 0 Å². The molecule has 0 aromatic heterocycles. The predicted molar refractivity (Wildman–Crippen MR) is 47.5 cm³/mol. The lowest BCUT2D eigenvalue weighted by Crippen LogP contribution is -1.94.